The lowest BCUT2D eigenvalue weighted by molar-refractivity contribution is -0.426. The van der Waals surface area contributed by atoms with E-state index in [-0.39, 0.29) is 40.6 Å². The lowest BCUT2D eigenvalue weighted by Crippen LogP contribution is -3.00. The van der Waals surface area contributed by atoms with Crippen molar-refractivity contribution in [2.75, 3.05) is 0 Å². The second-order valence-corrected chi connectivity index (χ2v) is 8.23. The number of hydrogen-bond acceptors (Lipinski definition) is 6. The maximum absolute atomic E-state index is 13.7. The molecule has 2 aliphatic carbocycles. The first-order valence-electron chi connectivity index (χ1n) is 10.2. The number of rotatable bonds is 3. The van der Waals surface area contributed by atoms with E-state index in [2.05, 4.69) is 5.73 Å². The third-order valence-electron chi connectivity index (χ3n) is 6.14. The van der Waals surface area contributed by atoms with Crippen molar-refractivity contribution in [2.45, 2.75) is 44.8 Å². The molecule has 0 heterocycles. The van der Waals surface area contributed by atoms with E-state index in [1.165, 1.54) is 13.0 Å². The van der Waals surface area contributed by atoms with E-state index in [0.717, 1.165) is 31.0 Å². The predicted octanol–water partition coefficient (Wildman–Crippen LogP) is -0.579. The van der Waals surface area contributed by atoms with Crippen LogP contribution in [0.4, 0.5) is 4.39 Å². The minimum Gasteiger partial charge on any atom is -1.00 e. The predicted molar refractivity (Wildman–Crippen MR) is 106 cm³/mol. The number of quaternary nitrogens is 1. The van der Waals surface area contributed by atoms with Crippen LogP contribution in [0.25, 0.3) is 0 Å². The van der Waals surface area contributed by atoms with E-state index in [0.29, 0.717) is 18.9 Å². The van der Waals surface area contributed by atoms with Crippen molar-refractivity contribution in [3.05, 3.63) is 57.9 Å². The molecule has 1 saturated carbocycles. The molecule has 5 N–H and O–H groups in total. The number of benzene rings is 2. The van der Waals surface area contributed by atoms with Crippen molar-refractivity contribution >= 4 is 17.5 Å². The van der Waals surface area contributed by atoms with Crippen molar-refractivity contribution in [1.29, 1.82) is 0 Å². The molecule has 0 aliphatic heterocycles. The minimum atomic E-state index is -0.974. The summed E-state index contributed by atoms with van der Waals surface area (Å²) in [7, 11) is 0. The van der Waals surface area contributed by atoms with E-state index in [1.54, 1.807) is 0 Å². The number of carbonyl (C=O) groups excluding carboxylic acids is 3. The molecule has 0 saturated heterocycles. The Morgan fingerprint density at radius 1 is 1.06 bits per heavy atom. The van der Waals surface area contributed by atoms with Crippen LogP contribution in [0, 0.1) is 11.7 Å². The highest BCUT2D eigenvalue weighted by Crippen LogP contribution is 2.43. The van der Waals surface area contributed by atoms with Gasteiger partial charge in [0.2, 0.25) is 0 Å². The summed E-state index contributed by atoms with van der Waals surface area (Å²) >= 11 is 0. The number of phenols is 2. The molecule has 32 heavy (non-hydrogen) atoms. The third-order valence-corrected chi connectivity index (χ3v) is 6.14. The molecule has 2 aromatic rings. The van der Waals surface area contributed by atoms with Crippen LogP contribution in [0.2, 0.25) is 0 Å². The molecule has 2 aromatic carbocycles. The van der Waals surface area contributed by atoms with Crippen molar-refractivity contribution in [3.8, 4) is 11.5 Å². The standard InChI is InChI=1S/C23H22FNO6.ClH/c1-10(31-23(30)11-2-5-13(25)6-3-11)15-9-17(26)18-19(21(15)28)22(29)16-8-12(24)4-7-14(16)20(18)27;/h4,7-11,13,26,28H,2-3,5-6,25H2,1H3;1H. The Kier molecular flexibility index (Phi) is 6.57. The molecule has 7 nitrogen and oxygen atoms in total. The molecule has 1 fully saturated rings. The number of hydrogen-bond donors (Lipinski definition) is 3. The van der Waals surface area contributed by atoms with Gasteiger partial charge in [0.25, 0.3) is 0 Å². The van der Waals surface area contributed by atoms with Gasteiger partial charge in [0.1, 0.15) is 23.4 Å². The fraction of sp³-hybridized carbons (Fsp3) is 0.348. The Balaban J connectivity index is 0.00000289. The van der Waals surface area contributed by atoms with Gasteiger partial charge in [-0.2, -0.15) is 0 Å². The highest BCUT2D eigenvalue weighted by molar-refractivity contribution is 6.30. The number of esters is 1. The van der Waals surface area contributed by atoms with Crippen molar-refractivity contribution < 1.29 is 51.9 Å². The van der Waals surface area contributed by atoms with Gasteiger partial charge in [-0.05, 0) is 44.0 Å². The lowest BCUT2D eigenvalue weighted by Gasteiger charge is -2.26. The van der Waals surface area contributed by atoms with Crippen LogP contribution in [0.15, 0.2) is 24.3 Å². The summed E-state index contributed by atoms with van der Waals surface area (Å²) in [5, 5.41) is 21.3. The Labute approximate surface area is 189 Å². The van der Waals surface area contributed by atoms with Crippen LogP contribution in [0.3, 0.4) is 0 Å². The zero-order valence-electron chi connectivity index (χ0n) is 17.4. The molecule has 0 spiro atoms. The number of phenolic OH excluding ortho intramolecular Hbond substituents is 2. The maximum Gasteiger partial charge on any atom is 0.309 e. The Morgan fingerprint density at radius 2 is 1.69 bits per heavy atom. The summed E-state index contributed by atoms with van der Waals surface area (Å²) in [6.07, 6.45) is 2.00. The smallest absolute Gasteiger partial charge is 0.309 e. The molecule has 1 atom stereocenters. The molecule has 1 unspecified atom stereocenters. The molecule has 2 aliphatic rings. The second-order valence-electron chi connectivity index (χ2n) is 8.23. The van der Waals surface area contributed by atoms with Gasteiger partial charge in [-0.3, -0.25) is 14.4 Å². The summed E-state index contributed by atoms with van der Waals surface area (Å²) in [4.78, 5) is 38.3. The summed E-state index contributed by atoms with van der Waals surface area (Å²) in [5.41, 5.74) is 2.98. The van der Waals surface area contributed by atoms with E-state index < -0.39 is 46.5 Å². The van der Waals surface area contributed by atoms with Crippen LogP contribution in [-0.4, -0.2) is 33.8 Å². The summed E-state index contributed by atoms with van der Waals surface area (Å²) in [6.45, 7) is 1.51. The third kappa shape index (κ3) is 3.96. The largest absolute Gasteiger partial charge is 1.00 e. The molecule has 0 amide bonds. The quantitative estimate of drug-likeness (QED) is 0.352. The molecule has 0 radical (unpaired) electrons. The highest BCUT2D eigenvalue weighted by Gasteiger charge is 2.37. The van der Waals surface area contributed by atoms with Crippen molar-refractivity contribution in [3.63, 3.8) is 0 Å². The molecule has 170 valence electrons. The first-order valence-corrected chi connectivity index (χ1v) is 10.2. The van der Waals surface area contributed by atoms with E-state index in [1.807, 2.05) is 0 Å². The summed E-state index contributed by atoms with van der Waals surface area (Å²) in [6, 6.07) is 4.58. The van der Waals surface area contributed by atoms with Gasteiger partial charge < -0.3 is 33.1 Å². The van der Waals surface area contributed by atoms with Crippen LogP contribution in [-0.2, 0) is 9.53 Å². The number of fused-ring (bicyclic) bond motifs is 2. The Morgan fingerprint density at radius 3 is 2.34 bits per heavy atom. The van der Waals surface area contributed by atoms with Gasteiger partial charge in [0.15, 0.2) is 11.6 Å². The van der Waals surface area contributed by atoms with Crippen LogP contribution >= 0.6 is 0 Å². The van der Waals surface area contributed by atoms with Crippen LogP contribution < -0.4 is 18.1 Å². The number of ether oxygens (including phenoxy) is 1. The summed E-state index contributed by atoms with van der Waals surface area (Å²) in [5.74, 6) is -3.97. The van der Waals surface area contributed by atoms with Gasteiger partial charge >= 0.3 is 5.97 Å². The zero-order valence-corrected chi connectivity index (χ0v) is 18.1. The fourth-order valence-electron chi connectivity index (χ4n) is 4.34. The normalized spacial score (nSPS) is 20.6. The first kappa shape index (κ1) is 23.7. The monoisotopic (exact) mass is 463 g/mol. The average Bonchev–Trinajstić information content (AvgIpc) is 2.73. The molecule has 9 heteroatoms. The molecule has 0 aromatic heterocycles. The van der Waals surface area contributed by atoms with Gasteiger partial charge in [-0.25, -0.2) is 4.39 Å². The Bertz CT molecular complexity index is 1110. The lowest BCUT2D eigenvalue weighted by atomic mass is 9.81. The van der Waals surface area contributed by atoms with E-state index >= 15 is 0 Å². The van der Waals surface area contributed by atoms with Gasteiger partial charge in [-0.15, -0.1) is 0 Å². The number of aromatic hydroxyl groups is 2. The van der Waals surface area contributed by atoms with Gasteiger partial charge in [0.05, 0.1) is 23.1 Å². The van der Waals surface area contributed by atoms with Crippen LogP contribution in [0.5, 0.6) is 11.5 Å². The summed E-state index contributed by atoms with van der Waals surface area (Å²) < 4.78 is 19.2. The SMILES string of the molecule is CC(OC(=O)C1CCC([NH3+])CC1)c1cc(O)c2c(c1O)C(=O)c1cc(F)ccc1C2=O.[Cl-]. The van der Waals surface area contributed by atoms with Crippen molar-refractivity contribution in [2.24, 2.45) is 5.92 Å². The fourth-order valence-corrected chi connectivity index (χ4v) is 4.34. The number of carbonyl (C=O) groups is 3. The van der Waals surface area contributed by atoms with E-state index in [4.69, 9.17) is 4.74 Å². The highest BCUT2D eigenvalue weighted by atomic mass is 35.5. The first-order chi connectivity index (χ1) is 14.7. The molecule has 4 rings (SSSR count). The van der Waals surface area contributed by atoms with Crippen LogP contribution in [0.1, 0.15) is 76.1 Å². The Hall–Kier alpha value is -2.97. The number of ketones is 2. The molecular weight excluding hydrogens is 441 g/mol. The maximum atomic E-state index is 13.7. The zero-order chi connectivity index (χ0) is 22.4. The molecule has 0 bridgehead atoms. The topological polar surface area (TPSA) is 129 Å². The van der Waals surface area contributed by atoms with E-state index in [9.17, 15) is 29.0 Å². The minimum absolute atomic E-state index is 0. The second kappa shape index (κ2) is 8.88. The van der Waals surface area contributed by atoms with Gasteiger partial charge in [0, 0.05) is 29.5 Å². The van der Waals surface area contributed by atoms with Crippen molar-refractivity contribution in [1.82, 2.24) is 0 Å². The molecular formula is C23H23ClFNO6. The number of halogens is 2. The van der Waals surface area contributed by atoms with Gasteiger partial charge in [-0.1, -0.05) is 0 Å². The average molecular weight is 464 g/mol.